The molecule has 8 heteroatoms. The highest BCUT2D eigenvalue weighted by Gasteiger charge is 2.37. The highest BCUT2D eigenvalue weighted by atomic mass is 127. The van der Waals surface area contributed by atoms with E-state index in [4.69, 9.17) is 0 Å². The van der Waals surface area contributed by atoms with Crippen molar-refractivity contribution in [2.45, 2.75) is 96.9 Å². The number of quaternary nitrogens is 1. The number of hydrogen-bond donors (Lipinski definition) is 1. The summed E-state index contributed by atoms with van der Waals surface area (Å²) in [6, 6.07) is 7.88. The SMILES string of the molecule is CCCCCCC[N+](C)(CCCCCCC)CC(=O)NC1CCC(=O)N(CC(=O)c2ccccc2)C1=O.[I-]. The molecule has 2 rings (SSSR count). The van der Waals surface area contributed by atoms with E-state index >= 15 is 0 Å². The third kappa shape index (κ3) is 11.9. The minimum Gasteiger partial charge on any atom is -1.00 e. The number of nitrogens with one attached hydrogen (secondary N) is 1. The van der Waals surface area contributed by atoms with Gasteiger partial charge in [0, 0.05) is 12.0 Å². The van der Waals surface area contributed by atoms with Crippen LogP contribution in [0.25, 0.3) is 0 Å². The molecule has 0 saturated carbocycles. The smallest absolute Gasteiger partial charge is 0.275 e. The summed E-state index contributed by atoms with van der Waals surface area (Å²) in [7, 11) is 2.15. The summed E-state index contributed by atoms with van der Waals surface area (Å²) in [4.78, 5) is 52.3. The van der Waals surface area contributed by atoms with Gasteiger partial charge in [0.25, 0.3) is 11.8 Å². The van der Waals surface area contributed by atoms with E-state index < -0.39 is 11.9 Å². The summed E-state index contributed by atoms with van der Waals surface area (Å²) in [5.41, 5.74) is 0.459. The van der Waals surface area contributed by atoms with E-state index in [1.807, 2.05) is 6.07 Å². The van der Waals surface area contributed by atoms with E-state index in [9.17, 15) is 19.2 Å². The Morgan fingerprint density at radius 3 is 2.00 bits per heavy atom. The molecule has 0 bridgehead atoms. The van der Waals surface area contributed by atoms with Crippen molar-refractivity contribution in [1.29, 1.82) is 0 Å². The highest BCUT2D eigenvalue weighted by Crippen LogP contribution is 2.16. The number of carbonyl (C=O) groups excluding carboxylic acids is 4. The van der Waals surface area contributed by atoms with Gasteiger partial charge in [-0.25, -0.2) is 0 Å². The number of hydrogen-bond acceptors (Lipinski definition) is 4. The fourth-order valence-electron chi connectivity index (χ4n) is 5.05. The lowest BCUT2D eigenvalue weighted by atomic mass is 10.0. The lowest BCUT2D eigenvalue weighted by Crippen LogP contribution is -3.00. The van der Waals surface area contributed by atoms with Crippen LogP contribution < -0.4 is 29.3 Å². The second kappa shape index (κ2) is 18.5. The zero-order valence-electron chi connectivity index (χ0n) is 23.7. The highest BCUT2D eigenvalue weighted by molar-refractivity contribution is 6.07. The first kappa shape index (κ1) is 34.2. The first-order valence-electron chi connectivity index (χ1n) is 14.3. The quantitative estimate of drug-likeness (QED) is 0.0874. The molecule has 7 nitrogen and oxygen atoms in total. The van der Waals surface area contributed by atoms with Gasteiger partial charge in [0.2, 0.25) is 5.91 Å². The molecular weight excluding hydrogens is 593 g/mol. The van der Waals surface area contributed by atoms with Crippen LogP contribution in [0.5, 0.6) is 0 Å². The van der Waals surface area contributed by atoms with Gasteiger partial charge < -0.3 is 33.8 Å². The molecule has 1 heterocycles. The summed E-state index contributed by atoms with van der Waals surface area (Å²) >= 11 is 0. The molecule has 1 atom stereocenters. The number of rotatable bonds is 18. The van der Waals surface area contributed by atoms with Crippen molar-refractivity contribution < 1.29 is 47.6 Å². The van der Waals surface area contributed by atoms with Crippen LogP contribution in [0, 0.1) is 0 Å². The number of ketones is 1. The van der Waals surface area contributed by atoms with Gasteiger partial charge >= 0.3 is 0 Å². The predicted molar refractivity (Wildman–Crippen MR) is 147 cm³/mol. The second-order valence-electron chi connectivity index (χ2n) is 10.8. The number of amides is 3. The molecule has 0 radical (unpaired) electrons. The molecule has 0 spiro atoms. The number of unbranched alkanes of at least 4 members (excludes halogenated alkanes) is 8. The van der Waals surface area contributed by atoms with Gasteiger partial charge in [-0.05, 0) is 32.1 Å². The molecule has 0 aliphatic carbocycles. The Bertz CT molecular complexity index is 864. The van der Waals surface area contributed by atoms with Crippen molar-refractivity contribution in [3.8, 4) is 0 Å². The minimum absolute atomic E-state index is 0. The number of likely N-dealkylation sites (tertiary alicyclic amines) is 1. The molecule has 1 aromatic rings. The standard InChI is InChI=1S/C30H47N3O4.HI/c1-4-6-8-10-15-21-33(3,22-16-11-9-7-5-2)24-28(35)31-26-19-20-29(36)32(30(26)37)23-27(34)25-17-13-12-14-18-25;/h12-14,17-18,26H,4-11,15-16,19-24H2,1-3H3;1H. The zero-order chi connectivity index (χ0) is 27.1. The number of nitrogens with zero attached hydrogens (tertiary/aromatic N) is 2. The van der Waals surface area contributed by atoms with Gasteiger partial charge in [0.1, 0.15) is 6.04 Å². The Kier molecular flexibility index (Phi) is 16.6. The number of halogens is 1. The largest absolute Gasteiger partial charge is 1.00 e. The van der Waals surface area contributed by atoms with Crippen LogP contribution in [0.15, 0.2) is 30.3 Å². The second-order valence-corrected chi connectivity index (χ2v) is 10.8. The molecule has 1 N–H and O–H groups in total. The van der Waals surface area contributed by atoms with Crippen LogP contribution >= 0.6 is 0 Å². The number of benzene rings is 1. The van der Waals surface area contributed by atoms with Crippen LogP contribution in [0.3, 0.4) is 0 Å². The molecular formula is C30H48IN3O4. The average Bonchev–Trinajstić information content (AvgIpc) is 2.88. The Morgan fingerprint density at radius 2 is 1.45 bits per heavy atom. The normalized spacial score (nSPS) is 15.8. The van der Waals surface area contributed by atoms with Crippen molar-refractivity contribution in [1.82, 2.24) is 10.2 Å². The maximum absolute atomic E-state index is 13.1. The van der Waals surface area contributed by atoms with E-state index in [1.165, 1.54) is 51.4 Å². The van der Waals surface area contributed by atoms with Gasteiger partial charge in [-0.1, -0.05) is 82.7 Å². The molecule has 1 aromatic carbocycles. The van der Waals surface area contributed by atoms with E-state index in [0.717, 1.165) is 30.8 Å². The van der Waals surface area contributed by atoms with Gasteiger partial charge in [0.05, 0.1) is 26.7 Å². The lowest BCUT2D eigenvalue weighted by molar-refractivity contribution is -0.902. The summed E-state index contributed by atoms with van der Waals surface area (Å²) in [5, 5.41) is 2.90. The van der Waals surface area contributed by atoms with Crippen molar-refractivity contribution in [3.63, 3.8) is 0 Å². The minimum atomic E-state index is -0.767. The number of carbonyl (C=O) groups is 4. The number of piperidine rings is 1. The lowest BCUT2D eigenvalue weighted by Gasteiger charge is -2.35. The molecule has 1 unspecified atom stereocenters. The van der Waals surface area contributed by atoms with Crippen molar-refractivity contribution in [2.24, 2.45) is 0 Å². The molecule has 0 aromatic heterocycles. The molecule has 1 saturated heterocycles. The molecule has 1 aliphatic heterocycles. The van der Waals surface area contributed by atoms with Crippen molar-refractivity contribution in [3.05, 3.63) is 35.9 Å². The monoisotopic (exact) mass is 641 g/mol. The Balaban J connectivity index is 0.00000722. The van der Waals surface area contributed by atoms with Crippen LogP contribution in [-0.2, 0) is 14.4 Å². The number of Topliss-reactive ketones (excluding diaryl/α,β-unsaturated/α-hetero) is 1. The Hall–Kier alpha value is -1.81. The third-order valence-corrected chi connectivity index (χ3v) is 7.37. The predicted octanol–water partition coefficient (Wildman–Crippen LogP) is 1.89. The molecule has 214 valence electrons. The van der Waals surface area contributed by atoms with E-state index in [2.05, 4.69) is 26.2 Å². The zero-order valence-corrected chi connectivity index (χ0v) is 25.8. The van der Waals surface area contributed by atoms with Gasteiger partial charge in [0.15, 0.2) is 12.3 Å². The van der Waals surface area contributed by atoms with Gasteiger partial charge in [-0.3, -0.25) is 24.1 Å². The van der Waals surface area contributed by atoms with Crippen LogP contribution in [0.1, 0.15) is 101 Å². The molecule has 1 aliphatic rings. The van der Waals surface area contributed by atoms with Gasteiger partial charge in [-0.2, -0.15) is 0 Å². The molecule has 3 amide bonds. The summed E-state index contributed by atoms with van der Waals surface area (Å²) in [6.07, 6.45) is 12.3. The average molecular weight is 642 g/mol. The summed E-state index contributed by atoms with van der Waals surface area (Å²) < 4.78 is 0.667. The molecule has 1 fully saturated rings. The van der Waals surface area contributed by atoms with E-state index in [0.29, 0.717) is 16.6 Å². The van der Waals surface area contributed by atoms with Crippen LogP contribution in [0.2, 0.25) is 0 Å². The molecule has 38 heavy (non-hydrogen) atoms. The summed E-state index contributed by atoms with van der Waals surface area (Å²) in [5.74, 6) is -1.29. The first-order valence-corrected chi connectivity index (χ1v) is 14.3. The van der Waals surface area contributed by atoms with E-state index in [1.54, 1.807) is 24.3 Å². The maximum atomic E-state index is 13.1. The topological polar surface area (TPSA) is 83.6 Å². The van der Waals surface area contributed by atoms with Gasteiger partial charge in [-0.15, -0.1) is 0 Å². The fraction of sp³-hybridized carbons (Fsp3) is 0.667. The number of likely N-dealkylation sites (N-methyl/N-ethyl adjacent to an activating group) is 1. The van der Waals surface area contributed by atoms with Crippen molar-refractivity contribution >= 4 is 23.5 Å². The van der Waals surface area contributed by atoms with Crippen LogP contribution in [-0.4, -0.2) is 72.2 Å². The summed E-state index contributed by atoms with van der Waals surface area (Å²) in [6.45, 7) is 6.33. The Morgan fingerprint density at radius 1 is 0.895 bits per heavy atom. The number of imide groups is 1. The third-order valence-electron chi connectivity index (χ3n) is 7.37. The fourth-order valence-corrected chi connectivity index (χ4v) is 5.05. The Labute approximate surface area is 246 Å². The van der Waals surface area contributed by atoms with E-state index in [-0.39, 0.29) is 61.0 Å². The first-order chi connectivity index (χ1) is 17.8. The maximum Gasteiger partial charge on any atom is 0.275 e. The van der Waals surface area contributed by atoms with Crippen molar-refractivity contribution in [2.75, 3.05) is 33.2 Å². The van der Waals surface area contributed by atoms with Crippen LogP contribution in [0.4, 0.5) is 0 Å².